The van der Waals surface area contributed by atoms with Crippen LogP contribution in [0.1, 0.15) is 50.5 Å². The minimum absolute atomic E-state index is 0.197. The lowest BCUT2D eigenvalue weighted by Gasteiger charge is -2.43. The first-order valence-electron chi connectivity index (χ1n) is 7.88. The zero-order valence-electron chi connectivity index (χ0n) is 12.0. The number of hydrogen-bond acceptors (Lipinski definition) is 2. The third kappa shape index (κ3) is 3.44. The van der Waals surface area contributed by atoms with Gasteiger partial charge < -0.3 is 10.1 Å². The monoisotopic (exact) mass is 337 g/mol. The predicted octanol–water partition coefficient (Wildman–Crippen LogP) is 4.42. The number of halogens is 1. The van der Waals surface area contributed by atoms with Crippen LogP contribution in [0, 0.1) is 0 Å². The molecule has 1 saturated heterocycles. The van der Waals surface area contributed by atoms with Gasteiger partial charge in [0.25, 0.3) is 0 Å². The summed E-state index contributed by atoms with van der Waals surface area (Å²) in [6.07, 6.45) is 8.94. The SMILES string of the molecule is Brc1ccccc1CNC1CCOC2(CCCCC2)C1. The lowest BCUT2D eigenvalue weighted by molar-refractivity contribution is -0.109. The fourth-order valence-electron chi connectivity index (χ4n) is 3.64. The van der Waals surface area contributed by atoms with Crippen molar-refractivity contribution in [2.45, 2.75) is 63.1 Å². The molecular formula is C17H24BrNO. The van der Waals surface area contributed by atoms with Crippen LogP contribution in [-0.2, 0) is 11.3 Å². The number of hydrogen-bond donors (Lipinski definition) is 1. The molecule has 1 spiro atoms. The van der Waals surface area contributed by atoms with Crippen molar-refractivity contribution in [2.75, 3.05) is 6.61 Å². The smallest absolute Gasteiger partial charge is 0.0697 e. The van der Waals surface area contributed by atoms with Gasteiger partial charge in [-0.2, -0.15) is 0 Å². The molecule has 1 unspecified atom stereocenters. The summed E-state index contributed by atoms with van der Waals surface area (Å²) in [7, 11) is 0. The van der Waals surface area contributed by atoms with Gasteiger partial charge >= 0.3 is 0 Å². The van der Waals surface area contributed by atoms with Gasteiger partial charge in [0.05, 0.1) is 5.60 Å². The topological polar surface area (TPSA) is 21.3 Å². The van der Waals surface area contributed by atoms with Crippen molar-refractivity contribution in [2.24, 2.45) is 0 Å². The maximum atomic E-state index is 6.16. The van der Waals surface area contributed by atoms with Crippen LogP contribution in [0.4, 0.5) is 0 Å². The fourth-order valence-corrected chi connectivity index (χ4v) is 4.07. The standard InChI is InChI=1S/C17H24BrNO/c18-16-7-3-2-6-14(16)13-19-15-8-11-20-17(12-15)9-4-1-5-10-17/h2-3,6-7,15,19H,1,4-5,8-13H2. The van der Waals surface area contributed by atoms with E-state index in [9.17, 15) is 0 Å². The van der Waals surface area contributed by atoms with Crippen molar-refractivity contribution in [1.82, 2.24) is 5.32 Å². The molecule has 2 aliphatic rings. The van der Waals surface area contributed by atoms with Gasteiger partial charge in [-0.1, -0.05) is 53.4 Å². The average Bonchev–Trinajstić information content (AvgIpc) is 2.47. The van der Waals surface area contributed by atoms with Crippen molar-refractivity contribution in [3.63, 3.8) is 0 Å². The van der Waals surface area contributed by atoms with Crippen LogP contribution < -0.4 is 5.32 Å². The highest BCUT2D eigenvalue weighted by molar-refractivity contribution is 9.10. The van der Waals surface area contributed by atoms with Crippen LogP contribution in [0.15, 0.2) is 28.7 Å². The van der Waals surface area contributed by atoms with Crippen LogP contribution in [0.2, 0.25) is 0 Å². The Bertz CT molecular complexity index is 437. The molecule has 0 bridgehead atoms. The van der Waals surface area contributed by atoms with Gasteiger partial charge in [0.15, 0.2) is 0 Å². The second-order valence-electron chi connectivity index (χ2n) is 6.25. The molecule has 0 amide bonds. The van der Waals surface area contributed by atoms with Gasteiger partial charge in [0.2, 0.25) is 0 Å². The van der Waals surface area contributed by atoms with E-state index in [0.717, 1.165) is 19.6 Å². The van der Waals surface area contributed by atoms with Crippen LogP contribution in [0.3, 0.4) is 0 Å². The molecule has 1 saturated carbocycles. The van der Waals surface area contributed by atoms with Crippen molar-refractivity contribution in [3.8, 4) is 0 Å². The number of ether oxygens (including phenoxy) is 1. The summed E-state index contributed by atoms with van der Waals surface area (Å²) in [4.78, 5) is 0. The van der Waals surface area contributed by atoms with Crippen molar-refractivity contribution < 1.29 is 4.74 Å². The Hall–Kier alpha value is -0.380. The van der Waals surface area contributed by atoms with E-state index < -0.39 is 0 Å². The molecule has 1 aromatic rings. The summed E-state index contributed by atoms with van der Waals surface area (Å²) in [5, 5.41) is 3.74. The van der Waals surface area contributed by atoms with E-state index in [1.807, 2.05) is 0 Å². The highest BCUT2D eigenvalue weighted by atomic mass is 79.9. The molecule has 1 aliphatic carbocycles. The van der Waals surface area contributed by atoms with Gasteiger partial charge in [0.1, 0.15) is 0 Å². The summed E-state index contributed by atoms with van der Waals surface area (Å²) < 4.78 is 7.36. The third-order valence-corrected chi connectivity index (χ3v) is 5.57. The van der Waals surface area contributed by atoms with Gasteiger partial charge in [-0.3, -0.25) is 0 Å². The molecule has 110 valence electrons. The minimum atomic E-state index is 0.197. The summed E-state index contributed by atoms with van der Waals surface area (Å²) in [5.74, 6) is 0. The Morgan fingerprint density at radius 1 is 1.20 bits per heavy atom. The highest BCUT2D eigenvalue weighted by Crippen LogP contribution is 2.38. The molecule has 0 aromatic heterocycles. The molecule has 1 heterocycles. The van der Waals surface area contributed by atoms with Gasteiger partial charge in [-0.05, 0) is 37.3 Å². The normalized spacial score (nSPS) is 25.8. The summed E-state index contributed by atoms with van der Waals surface area (Å²) >= 11 is 3.63. The van der Waals surface area contributed by atoms with E-state index in [0.29, 0.717) is 6.04 Å². The molecule has 1 atom stereocenters. The molecule has 2 fully saturated rings. The first-order valence-corrected chi connectivity index (χ1v) is 8.68. The van der Waals surface area contributed by atoms with Crippen LogP contribution in [-0.4, -0.2) is 18.2 Å². The Kier molecular flexibility index (Phi) is 4.79. The minimum Gasteiger partial charge on any atom is -0.375 e. The second kappa shape index (κ2) is 6.59. The Morgan fingerprint density at radius 2 is 2.00 bits per heavy atom. The first kappa shape index (κ1) is 14.6. The van der Waals surface area contributed by atoms with E-state index in [4.69, 9.17) is 4.74 Å². The predicted molar refractivity (Wildman–Crippen MR) is 85.8 cm³/mol. The molecule has 1 N–H and O–H groups in total. The van der Waals surface area contributed by atoms with Gasteiger partial charge in [0, 0.05) is 23.7 Å². The van der Waals surface area contributed by atoms with E-state index in [1.165, 1.54) is 48.6 Å². The Balaban J connectivity index is 1.56. The van der Waals surface area contributed by atoms with Gasteiger partial charge in [-0.25, -0.2) is 0 Å². The molecule has 2 nitrogen and oxygen atoms in total. The van der Waals surface area contributed by atoms with E-state index in [2.05, 4.69) is 45.5 Å². The number of benzene rings is 1. The lowest BCUT2D eigenvalue weighted by atomic mass is 9.78. The highest BCUT2D eigenvalue weighted by Gasteiger charge is 2.38. The van der Waals surface area contributed by atoms with E-state index >= 15 is 0 Å². The molecular weight excluding hydrogens is 314 g/mol. The molecule has 0 radical (unpaired) electrons. The largest absolute Gasteiger partial charge is 0.375 e. The van der Waals surface area contributed by atoms with E-state index in [1.54, 1.807) is 0 Å². The summed E-state index contributed by atoms with van der Waals surface area (Å²) in [6, 6.07) is 9.08. The summed E-state index contributed by atoms with van der Waals surface area (Å²) in [6.45, 7) is 1.87. The maximum absolute atomic E-state index is 6.16. The maximum Gasteiger partial charge on any atom is 0.0697 e. The van der Waals surface area contributed by atoms with Crippen molar-refractivity contribution in [3.05, 3.63) is 34.3 Å². The van der Waals surface area contributed by atoms with Crippen LogP contribution in [0.5, 0.6) is 0 Å². The Morgan fingerprint density at radius 3 is 2.80 bits per heavy atom. The second-order valence-corrected chi connectivity index (χ2v) is 7.11. The Labute approximate surface area is 130 Å². The quantitative estimate of drug-likeness (QED) is 0.881. The van der Waals surface area contributed by atoms with Crippen LogP contribution in [0.25, 0.3) is 0 Å². The zero-order chi connectivity index (χ0) is 13.8. The molecule has 1 aliphatic heterocycles. The molecule has 3 rings (SSSR count). The van der Waals surface area contributed by atoms with E-state index in [-0.39, 0.29) is 5.60 Å². The number of rotatable bonds is 3. The summed E-state index contributed by atoms with van der Waals surface area (Å²) in [5.41, 5.74) is 1.54. The number of nitrogens with one attached hydrogen (secondary N) is 1. The van der Waals surface area contributed by atoms with Gasteiger partial charge in [-0.15, -0.1) is 0 Å². The molecule has 3 heteroatoms. The zero-order valence-corrected chi connectivity index (χ0v) is 13.6. The first-order chi connectivity index (χ1) is 9.77. The van der Waals surface area contributed by atoms with Crippen molar-refractivity contribution >= 4 is 15.9 Å². The molecule has 20 heavy (non-hydrogen) atoms. The third-order valence-electron chi connectivity index (χ3n) is 4.80. The van der Waals surface area contributed by atoms with Crippen LogP contribution >= 0.6 is 15.9 Å². The van der Waals surface area contributed by atoms with Crippen molar-refractivity contribution in [1.29, 1.82) is 0 Å². The fraction of sp³-hybridized carbons (Fsp3) is 0.647. The molecule has 1 aromatic carbocycles. The average molecular weight is 338 g/mol. The lowest BCUT2D eigenvalue weighted by Crippen LogP contribution is -2.47.